The van der Waals surface area contributed by atoms with Gasteiger partial charge in [-0.25, -0.2) is 4.98 Å². The molecule has 0 saturated carbocycles. The van der Waals surface area contributed by atoms with Crippen LogP contribution in [0.5, 0.6) is 0 Å². The fourth-order valence-electron chi connectivity index (χ4n) is 4.81. The molecule has 0 aliphatic heterocycles. The fraction of sp³-hybridized carbons (Fsp3) is 0.143. The van der Waals surface area contributed by atoms with E-state index in [0.717, 1.165) is 38.9 Å². The number of hydrogen-bond donors (Lipinski definition) is 0. The number of fused-ring (bicyclic) bond motifs is 1. The van der Waals surface area contributed by atoms with E-state index in [0.29, 0.717) is 15.4 Å². The van der Waals surface area contributed by atoms with Gasteiger partial charge >= 0.3 is 0 Å². The van der Waals surface area contributed by atoms with Crippen LogP contribution < -0.4 is 5.56 Å². The SMILES string of the molecule is Cn1cncc1C(CBr)(c1ccc(Cl)cc1)c1ccc2c(c1)c(-c1cccc(Cl)c1)cc(=O)n2C. The molecular weight excluding hydrogens is 545 g/mol. The number of rotatable bonds is 5. The maximum absolute atomic E-state index is 12.8. The van der Waals surface area contributed by atoms with Crippen molar-refractivity contribution in [3.05, 3.63) is 123 Å². The van der Waals surface area contributed by atoms with Gasteiger partial charge in [0.1, 0.15) is 0 Å². The summed E-state index contributed by atoms with van der Waals surface area (Å²) in [5.74, 6) is 0. The number of halogens is 3. The average molecular weight is 567 g/mol. The monoisotopic (exact) mass is 565 g/mol. The normalized spacial score (nSPS) is 13.2. The molecule has 4 nitrogen and oxygen atoms in total. The molecule has 0 aliphatic rings. The van der Waals surface area contributed by atoms with Crippen molar-refractivity contribution in [3.8, 4) is 11.1 Å². The summed E-state index contributed by atoms with van der Waals surface area (Å²) in [6, 6.07) is 23.5. The van der Waals surface area contributed by atoms with E-state index in [4.69, 9.17) is 23.2 Å². The van der Waals surface area contributed by atoms with Crippen molar-refractivity contribution in [3.63, 3.8) is 0 Å². The predicted octanol–water partition coefficient (Wildman–Crippen LogP) is 6.98. The molecule has 2 heterocycles. The third kappa shape index (κ3) is 4.02. The van der Waals surface area contributed by atoms with E-state index < -0.39 is 5.41 Å². The Bertz CT molecular complexity index is 1610. The Balaban J connectivity index is 1.87. The number of aromatic nitrogens is 3. The molecule has 176 valence electrons. The van der Waals surface area contributed by atoms with Gasteiger partial charge in [0.05, 0.1) is 23.0 Å². The van der Waals surface area contributed by atoms with Gasteiger partial charge in [0.2, 0.25) is 0 Å². The molecule has 0 aliphatic carbocycles. The van der Waals surface area contributed by atoms with Gasteiger partial charge in [-0.3, -0.25) is 4.79 Å². The largest absolute Gasteiger partial charge is 0.337 e. The van der Waals surface area contributed by atoms with Crippen molar-refractivity contribution in [2.75, 3.05) is 5.33 Å². The molecule has 0 bridgehead atoms. The second-order valence-corrected chi connectivity index (χ2v) is 10.1. The molecule has 0 spiro atoms. The number of imidazole rings is 1. The van der Waals surface area contributed by atoms with Crippen LogP contribution in [-0.4, -0.2) is 19.4 Å². The lowest BCUT2D eigenvalue weighted by Gasteiger charge is -2.34. The number of benzene rings is 3. The molecule has 1 atom stereocenters. The summed E-state index contributed by atoms with van der Waals surface area (Å²) in [6.45, 7) is 0. The molecule has 2 aromatic heterocycles. The zero-order valence-electron chi connectivity index (χ0n) is 19.2. The van der Waals surface area contributed by atoms with Crippen LogP contribution in [0.3, 0.4) is 0 Å². The smallest absolute Gasteiger partial charge is 0.251 e. The third-order valence-corrected chi connectivity index (χ3v) is 7.99. The van der Waals surface area contributed by atoms with Crippen LogP contribution in [-0.2, 0) is 19.5 Å². The third-order valence-electron chi connectivity index (χ3n) is 6.67. The molecule has 7 heteroatoms. The van der Waals surface area contributed by atoms with Crippen molar-refractivity contribution >= 4 is 50.0 Å². The number of alkyl halides is 1. The molecule has 0 radical (unpaired) electrons. The van der Waals surface area contributed by atoms with Gasteiger partial charge in [0.25, 0.3) is 5.56 Å². The lowest BCUT2D eigenvalue weighted by atomic mass is 9.73. The maximum atomic E-state index is 12.8. The van der Waals surface area contributed by atoms with Crippen LogP contribution in [0.1, 0.15) is 16.8 Å². The van der Waals surface area contributed by atoms with Crippen molar-refractivity contribution in [1.82, 2.24) is 14.1 Å². The standard InChI is InChI=1S/C28H22BrCl2N3O/c1-33-17-32-15-26(33)28(16-29,19-6-9-21(30)10-7-19)20-8-11-25-24(13-20)23(14-27(35)34(25)2)18-4-3-5-22(31)12-18/h3-15,17H,16H2,1-2H3. The van der Waals surface area contributed by atoms with Crippen LogP contribution in [0.15, 0.2) is 90.1 Å². The lowest BCUT2D eigenvalue weighted by Crippen LogP contribution is -2.33. The second-order valence-electron chi connectivity index (χ2n) is 8.63. The van der Waals surface area contributed by atoms with Crippen LogP contribution >= 0.6 is 39.1 Å². The van der Waals surface area contributed by atoms with Gasteiger partial charge in [0, 0.05) is 47.1 Å². The van der Waals surface area contributed by atoms with Crippen LogP contribution in [0.4, 0.5) is 0 Å². The average Bonchev–Trinajstić information content (AvgIpc) is 3.29. The summed E-state index contributed by atoms with van der Waals surface area (Å²) in [5.41, 5.74) is 5.14. The number of aryl methyl sites for hydroxylation is 2. The predicted molar refractivity (Wildman–Crippen MR) is 148 cm³/mol. The van der Waals surface area contributed by atoms with E-state index >= 15 is 0 Å². The highest BCUT2D eigenvalue weighted by Gasteiger charge is 2.38. The Morgan fingerprint density at radius 2 is 1.66 bits per heavy atom. The molecule has 3 aromatic carbocycles. The highest BCUT2D eigenvalue weighted by Crippen LogP contribution is 2.42. The quantitative estimate of drug-likeness (QED) is 0.215. The van der Waals surface area contributed by atoms with Gasteiger partial charge in [-0.15, -0.1) is 0 Å². The molecule has 5 aromatic rings. The minimum absolute atomic E-state index is 0.0729. The fourth-order valence-corrected chi connectivity index (χ4v) is 6.06. The second kappa shape index (κ2) is 9.30. The zero-order valence-corrected chi connectivity index (χ0v) is 22.3. The minimum atomic E-state index is -0.551. The van der Waals surface area contributed by atoms with Gasteiger partial charge in [-0.05, 0) is 58.7 Å². The Morgan fingerprint density at radius 1 is 0.914 bits per heavy atom. The summed E-state index contributed by atoms with van der Waals surface area (Å²) in [7, 11) is 3.79. The Morgan fingerprint density at radius 3 is 2.31 bits per heavy atom. The Labute approximate surface area is 221 Å². The summed E-state index contributed by atoms with van der Waals surface area (Å²) in [4.78, 5) is 17.3. The van der Waals surface area contributed by atoms with Crippen LogP contribution in [0.25, 0.3) is 22.0 Å². The number of pyridine rings is 1. The first-order valence-electron chi connectivity index (χ1n) is 11.0. The van der Waals surface area contributed by atoms with Gasteiger partial charge in [-0.2, -0.15) is 0 Å². The zero-order chi connectivity index (χ0) is 24.7. The van der Waals surface area contributed by atoms with Crippen molar-refractivity contribution in [2.45, 2.75) is 5.41 Å². The molecule has 0 amide bonds. The molecule has 1 unspecified atom stereocenters. The van der Waals surface area contributed by atoms with Gasteiger partial charge in [0.15, 0.2) is 0 Å². The van der Waals surface area contributed by atoms with Crippen LogP contribution in [0, 0.1) is 0 Å². The molecule has 35 heavy (non-hydrogen) atoms. The van der Waals surface area contributed by atoms with Crippen molar-refractivity contribution < 1.29 is 0 Å². The van der Waals surface area contributed by atoms with Gasteiger partial charge in [-0.1, -0.05) is 69.5 Å². The minimum Gasteiger partial charge on any atom is -0.337 e. The summed E-state index contributed by atoms with van der Waals surface area (Å²) >= 11 is 16.4. The Kier molecular flexibility index (Phi) is 6.34. The number of hydrogen-bond acceptors (Lipinski definition) is 2. The lowest BCUT2D eigenvalue weighted by molar-refractivity contribution is 0.640. The van der Waals surface area contributed by atoms with E-state index in [1.54, 1.807) is 17.7 Å². The highest BCUT2D eigenvalue weighted by atomic mass is 79.9. The molecule has 0 N–H and O–H groups in total. The highest BCUT2D eigenvalue weighted by molar-refractivity contribution is 9.09. The summed E-state index contributed by atoms with van der Waals surface area (Å²) in [5, 5.41) is 2.89. The van der Waals surface area contributed by atoms with Crippen molar-refractivity contribution in [1.29, 1.82) is 0 Å². The van der Waals surface area contributed by atoms with E-state index in [9.17, 15) is 4.79 Å². The van der Waals surface area contributed by atoms with E-state index in [2.05, 4.69) is 45.2 Å². The van der Waals surface area contributed by atoms with E-state index in [-0.39, 0.29) is 5.56 Å². The van der Waals surface area contributed by atoms with Crippen LogP contribution in [0.2, 0.25) is 10.0 Å². The molecule has 5 rings (SSSR count). The molecule has 0 fully saturated rings. The maximum Gasteiger partial charge on any atom is 0.251 e. The Hall–Kier alpha value is -2.86. The molecular formula is C28H22BrCl2N3O. The summed E-state index contributed by atoms with van der Waals surface area (Å²) < 4.78 is 3.72. The van der Waals surface area contributed by atoms with Crippen molar-refractivity contribution in [2.24, 2.45) is 14.1 Å². The summed E-state index contributed by atoms with van der Waals surface area (Å²) in [6.07, 6.45) is 3.71. The molecule has 0 saturated heterocycles. The topological polar surface area (TPSA) is 39.8 Å². The first-order valence-corrected chi connectivity index (χ1v) is 12.9. The first kappa shape index (κ1) is 23.9. The van der Waals surface area contributed by atoms with E-state index in [1.807, 2.05) is 66.6 Å². The number of nitrogens with zero attached hydrogens (tertiary/aromatic N) is 3. The van der Waals surface area contributed by atoms with E-state index in [1.165, 1.54) is 0 Å². The first-order chi connectivity index (χ1) is 16.8. The van der Waals surface area contributed by atoms with Gasteiger partial charge < -0.3 is 9.13 Å².